The summed E-state index contributed by atoms with van der Waals surface area (Å²) in [6.45, 7) is 7.19. The van der Waals surface area contributed by atoms with Gasteiger partial charge >= 0.3 is 0 Å². The number of hydrogen-bond donors (Lipinski definition) is 1. The van der Waals surface area contributed by atoms with E-state index in [1.807, 2.05) is 91.0 Å². The minimum Gasteiger partial charge on any atom is -0.497 e. The van der Waals surface area contributed by atoms with Gasteiger partial charge < -0.3 is 29.1 Å². The van der Waals surface area contributed by atoms with Crippen LogP contribution in [-0.4, -0.2) is 72.6 Å². The molecule has 5 aromatic carbocycles. The summed E-state index contributed by atoms with van der Waals surface area (Å²) in [6, 6.07) is 36.4. The summed E-state index contributed by atoms with van der Waals surface area (Å²) in [7, 11) is 0.690. The number of rotatable bonds is 10. The number of fused-ring (bicyclic) bond motifs is 4. The molecule has 61 heavy (non-hydrogen) atoms. The lowest BCUT2D eigenvalue weighted by molar-refractivity contribution is -0.151. The first-order chi connectivity index (χ1) is 29.5. The van der Waals surface area contributed by atoms with Crippen LogP contribution in [0.25, 0.3) is 16.5 Å². The van der Waals surface area contributed by atoms with Crippen molar-refractivity contribution in [3.05, 3.63) is 154 Å². The molecular weight excluding hydrogens is 785 g/mol. The highest BCUT2D eigenvalue weighted by Gasteiger charge is 2.66. The maximum absolute atomic E-state index is 15.5. The van der Waals surface area contributed by atoms with Crippen LogP contribution in [0.15, 0.2) is 126 Å². The SMILES string of the molecule is COc1ccc([Si](C)(C)[C@@H]2[C@@H](CC(=O)N3Cc4ccccc4C[C@H]3CO)O[C@]3(C(=O)N(Cc4ccc(-n5ncc6ccccc6c5=O)cc4)c4ccc(OC)cc43)[C@H]2C)cc1. The highest BCUT2D eigenvalue weighted by atomic mass is 28.3. The smallest absolute Gasteiger partial charge is 0.279 e. The number of hydrogen-bond acceptors (Lipinski definition) is 8. The third kappa shape index (κ3) is 6.73. The van der Waals surface area contributed by atoms with Gasteiger partial charge in [0.1, 0.15) is 11.5 Å². The number of ether oxygens (including phenoxy) is 3. The predicted molar refractivity (Wildman–Crippen MR) is 237 cm³/mol. The van der Waals surface area contributed by atoms with E-state index in [1.54, 1.807) is 36.3 Å². The largest absolute Gasteiger partial charge is 0.497 e. The summed E-state index contributed by atoms with van der Waals surface area (Å²) >= 11 is 0. The summed E-state index contributed by atoms with van der Waals surface area (Å²) in [6.07, 6.45) is 1.69. The Labute approximate surface area is 356 Å². The average Bonchev–Trinajstić information content (AvgIpc) is 3.71. The molecule has 1 fully saturated rings. The monoisotopic (exact) mass is 834 g/mol. The highest BCUT2D eigenvalue weighted by molar-refractivity contribution is 6.91. The van der Waals surface area contributed by atoms with E-state index in [2.05, 4.69) is 43.3 Å². The van der Waals surface area contributed by atoms with Crippen LogP contribution in [0.3, 0.4) is 0 Å². The fourth-order valence-corrected chi connectivity index (χ4v) is 14.3. The van der Waals surface area contributed by atoms with Crippen LogP contribution in [-0.2, 0) is 39.4 Å². The standard InChI is InChI=1S/C49H50N4O7Si/c1-31-46(61(4,5)40-21-18-38(58-2)19-22-40)44(26-45(55)51-29-35-12-7-6-10-33(35)24-37(51)30-54)60-49(31)42-25-39(59-3)20-23-43(42)52(48(49)57)28-32-14-16-36(17-15-32)53-47(56)41-13-9-8-11-34(41)27-50-53/h6-23,25,27,31,37,44,46,54H,24,26,28-30H2,1-5H3/t31-,37-,44+,46-,49+/m0/s1. The summed E-state index contributed by atoms with van der Waals surface area (Å²) in [5.41, 5.74) is 3.31. The molecule has 1 spiro atoms. The fourth-order valence-electron chi connectivity index (χ4n) is 10.3. The zero-order chi connectivity index (χ0) is 42.6. The molecule has 1 N–H and O–H groups in total. The molecule has 3 aliphatic heterocycles. The van der Waals surface area contributed by atoms with Crippen molar-refractivity contribution in [3.63, 3.8) is 0 Å². The first-order valence-corrected chi connectivity index (χ1v) is 23.9. The van der Waals surface area contributed by atoms with E-state index in [0.717, 1.165) is 38.7 Å². The molecule has 11 nitrogen and oxygen atoms in total. The van der Waals surface area contributed by atoms with Gasteiger partial charge in [0, 0.05) is 23.4 Å². The van der Waals surface area contributed by atoms with Crippen LogP contribution in [0.5, 0.6) is 11.5 Å². The molecule has 0 unspecified atom stereocenters. The van der Waals surface area contributed by atoms with Crippen molar-refractivity contribution in [2.75, 3.05) is 25.7 Å². The van der Waals surface area contributed by atoms with Crippen molar-refractivity contribution in [3.8, 4) is 17.2 Å². The number of carbonyl (C=O) groups excluding carboxylic acids is 2. The maximum atomic E-state index is 15.5. The Kier molecular flexibility index (Phi) is 10.4. The zero-order valence-corrected chi connectivity index (χ0v) is 36.1. The van der Waals surface area contributed by atoms with E-state index < -0.39 is 19.8 Å². The van der Waals surface area contributed by atoms with Crippen LogP contribution < -0.4 is 25.1 Å². The van der Waals surface area contributed by atoms with E-state index in [0.29, 0.717) is 35.4 Å². The van der Waals surface area contributed by atoms with Crippen molar-refractivity contribution in [2.24, 2.45) is 5.92 Å². The Morgan fingerprint density at radius 3 is 2.30 bits per heavy atom. The lowest BCUT2D eigenvalue weighted by Crippen LogP contribution is -2.52. The van der Waals surface area contributed by atoms with Gasteiger partial charge in [-0.05, 0) is 77.2 Å². The molecule has 312 valence electrons. The van der Waals surface area contributed by atoms with E-state index >= 15 is 4.79 Å². The van der Waals surface area contributed by atoms with E-state index in [9.17, 15) is 14.7 Å². The van der Waals surface area contributed by atoms with Crippen LogP contribution in [0, 0.1) is 5.92 Å². The second-order valence-corrected chi connectivity index (χ2v) is 21.8. The molecule has 5 atom stereocenters. The van der Waals surface area contributed by atoms with Crippen molar-refractivity contribution >= 4 is 41.5 Å². The van der Waals surface area contributed by atoms with Crippen molar-refractivity contribution in [2.45, 2.75) is 69.2 Å². The number of aromatic nitrogens is 2. The summed E-state index contributed by atoms with van der Waals surface area (Å²) in [5, 5.41) is 17.5. The molecule has 4 heterocycles. The Bertz CT molecular complexity index is 2700. The normalized spacial score (nSPS) is 22.1. The van der Waals surface area contributed by atoms with E-state index in [-0.39, 0.29) is 54.4 Å². The summed E-state index contributed by atoms with van der Waals surface area (Å²) in [4.78, 5) is 47.1. The molecule has 0 radical (unpaired) electrons. The Morgan fingerprint density at radius 1 is 0.885 bits per heavy atom. The Hall–Kier alpha value is -6.08. The fraction of sp³-hybridized carbons (Fsp3) is 0.306. The predicted octanol–water partition coefficient (Wildman–Crippen LogP) is 6.50. The molecule has 6 aromatic rings. The van der Waals surface area contributed by atoms with Gasteiger partial charge in [-0.2, -0.15) is 9.78 Å². The van der Waals surface area contributed by atoms with Gasteiger partial charge in [0.05, 0.1) is 77.0 Å². The first kappa shape index (κ1) is 40.3. The number of amides is 2. The molecule has 3 aliphatic rings. The topological polar surface area (TPSA) is 123 Å². The molecular formula is C49H50N4O7Si. The number of methoxy groups -OCH3 is 2. The van der Waals surface area contributed by atoms with Crippen molar-refractivity contribution in [1.82, 2.24) is 14.7 Å². The number of aliphatic hydroxyl groups excluding tert-OH is 1. The number of benzene rings is 5. The van der Waals surface area contributed by atoms with Gasteiger partial charge in [-0.15, -0.1) is 0 Å². The first-order valence-electron chi connectivity index (χ1n) is 20.8. The average molecular weight is 835 g/mol. The number of anilines is 1. The second kappa shape index (κ2) is 15.7. The van der Waals surface area contributed by atoms with Crippen LogP contribution in [0.4, 0.5) is 5.69 Å². The third-order valence-electron chi connectivity index (χ3n) is 13.5. The quantitative estimate of drug-likeness (QED) is 0.155. The van der Waals surface area contributed by atoms with Gasteiger partial charge in [0.25, 0.3) is 11.5 Å². The highest BCUT2D eigenvalue weighted by Crippen LogP contribution is 2.60. The Morgan fingerprint density at radius 2 is 1.57 bits per heavy atom. The van der Waals surface area contributed by atoms with Gasteiger partial charge in [0.2, 0.25) is 5.91 Å². The third-order valence-corrected chi connectivity index (χ3v) is 17.9. The van der Waals surface area contributed by atoms with Gasteiger partial charge in [0.15, 0.2) is 5.60 Å². The lowest BCUT2D eigenvalue weighted by Gasteiger charge is -2.39. The summed E-state index contributed by atoms with van der Waals surface area (Å²) in [5.74, 6) is 0.701. The molecule has 1 aromatic heterocycles. The van der Waals surface area contributed by atoms with Gasteiger partial charge in [-0.1, -0.05) is 91.9 Å². The van der Waals surface area contributed by atoms with Gasteiger partial charge in [-0.25, -0.2) is 0 Å². The zero-order valence-electron chi connectivity index (χ0n) is 35.1. The number of aliphatic hydroxyl groups is 1. The lowest BCUT2D eigenvalue weighted by atomic mass is 9.82. The van der Waals surface area contributed by atoms with Crippen LogP contribution in [0.1, 0.15) is 35.6 Å². The van der Waals surface area contributed by atoms with Crippen molar-refractivity contribution < 1.29 is 28.9 Å². The van der Waals surface area contributed by atoms with E-state index in [4.69, 9.17) is 14.2 Å². The van der Waals surface area contributed by atoms with Crippen molar-refractivity contribution in [1.29, 1.82) is 0 Å². The van der Waals surface area contributed by atoms with E-state index in [1.165, 1.54) is 4.68 Å². The molecule has 1 saturated heterocycles. The van der Waals surface area contributed by atoms with Gasteiger partial charge in [-0.3, -0.25) is 14.4 Å². The van der Waals surface area contributed by atoms with Crippen LogP contribution >= 0.6 is 0 Å². The Balaban J connectivity index is 1.09. The molecule has 12 heteroatoms. The molecule has 0 bridgehead atoms. The molecule has 9 rings (SSSR count). The molecule has 0 aliphatic carbocycles. The number of carbonyl (C=O) groups is 2. The number of nitrogens with zero attached hydrogens (tertiary/aromatic N) is 4. The molecule has 0 saturated carbocycles. The molecule has 2 amide bonds. The summed E-state index contributed by atoms with van der Waals surface area (Å²) < 4.78 is 20.0. The maximum Gasteiger partial charge on any atom is 0.279 e. The minimum atomic E-state index is -2.57. The van der Waals surface area contributed by atoms with Crippen LogP contribution in [0.2, 0.25) is 18.6 Å². The minimum absolute atomic E-state index is 0.0538. The second-order valence-electron chi connectivity index (χ2n) is 17.1.